The number of sulfonamides is 1. The SMILES string of the molecule is O=S(=O)(NCCCOc1ccc(Cc2cc(C3OC(CO)C(O)C(O)C3O)ccc2Cl)cc1)C1CCCCC1. The van der Waals surface area contributed by atoms with Gasteiger partial charge in [-0.3, -0.25) is 0 Å². The molecule has 1 saturated carbocycles. The van der Waals surface area contributed by atoms with Gasteiger partial charge in [-0.25, -0.2) is 13.1 Å². The topological polar surface area (TPSA) is 146 Å². The molecule has 5 unspecified atom stereocenters. The van der Waals surface area contributed by atoms with Crippen LogP contribution in [0.25, 0.3) is 0 Å². The van der Waals surface area contributed by atoms with Gasteiger partial charge in [0.15, 0.2) is 0 Å². The van der Waals surface area contributed by atoms with E-state index in [0.29, 0.717) is 42.3 Å². The Labute approximate surface area is 234 Å². The van der Waals surface area contributed by atoms with Crippen molar-refractivity contribution < 1.29 is 38.3 Å². The van der Waals surface area contributed by atoms with Crippen LogP contribution in [0.4, 0.5) is 0 Å². The van der Waals surface area contributed by atoms with Crippen LogP contribution in [0, 0.1) is 0 Å². The van der Waals surface area contributed by atoms with E-state index in [2.05, 4.69) is 4.72 Å². The van der Waals surface area contributed by atoms with Gasteiger partial charge in [0.2, 0.25) is 10.0 Å². The smallest absolute Gasteiger partial charge is 0.214 e. The van der Waals surface area contributed by atoms with Crippen LogP contribution in [0.2, 0.25) is 5.02 Å². The molecule has 1 heterocycles. The van der Waals surface area contributed by atoms with Gasteiger partial charge in [-0.15, -0.1) is 0 Å². The highest BCUT2D eigenvalue weighted by atomic mass is 35.5. The Kier molecular flexibility index (Phi) is 10.6. The van der Waals surface area contributed by atoms with Crippen LogP contribution in [0.15, 0.2) is 42.5 Å². The lowest BCUT2D eigenvalue weighted by Crippen LogP contribution is -2.55. The largest absolute Gasteiger partial charge is 0.494 e. The number of aliphatic hydroxyl groups is 4. The lowest BCUT2D eigenvalue weighted by atomic mass is 9.90. The van der Waals surface area contributed by atoms with Crippen LogP contribution >= 0.6 is 11.6 Å². The average molecular weight is 584 g/mol. The second-order valence-electron chi connectivity index (χ2n) is 10.3. The molecule has 9 nitrogen and oxygen atoms in total. The summed E-state index contributed by atoms with van der Waals surface area (Å²) in [6, 6.07) is 12.7. The molecule has 2 aromatic carbocycles. The third kappa shape index (κ3) is 7.71. The van der Waals surface area contributed by atoms with E-state index < -0.39 is 47.2 Å². The van der Waals surface area contributed by atoms with E-state index in [-0.39, 0.29) is 5.25 Å². The zero-order valence-electron chi connectivity index (χ0n) is 21.8. The Balaban J connectivity index is 1.29. The summed E-state index contributed by atoms with van der Waals surface area (Å²) < 4.78 is 39.0. The average Bonchev–Trinajstić information content (AvgIpc) is 2.94. The molecule has 4 rings (SSSR count). The second kappa shape index (κ2) is 13.7. The molecule has 1 saturated heterocycles. The van der Waals surface area contributed by atoms with E-state index >= 15 is 0 Å². The molecule has 2 fully saturated rings. The van der Waals surface area contributed by atoms with Gasteiger partial charge < -0.3 is 29.9 Å². The maximum Gasteiger partial charge on any atom is 0.214 e. The predicted molar refractivity (Wildman–Crippen MR) is 147 cm³/mol. The first-order valence-electron chi connectivity index (χ1n) is 13.5. The molecule has 1 aliphatic carbocycles. The Morgan fingerprint density at radius 2 is 1.69 bits per heavy atom. The van der Waals surface area contributed by atoms with E-state index in [4.69, 9.17) is 21.1 Å². The van der Waals surface area contributed by atoms with Gasteiger partial charge in [-0.2, -0.15) is 0 Å². The summed E-state index contributed by atoms with van der Waals surface area (Å²) in [5, 5.41) is 40.4. The van der Waals surface area contributed by atoms with Crippen LogP contribution < -0.4 is 9.46 Å². The van der Waals surface area contributed by atoms with E-state index in [1.165, 1.54) is 0 Å². The van der Waals surface area contributed by atoms with Crippen molar-refractivity contribution in [2.45, 2.75) is 80.7 Å². The number of aliphatic hydroxyl groups excluding tert-OH is 4. The van der Waals surface area contributed by atoms with E-state index in [9.17, 15) is 28.8 Å². The van der Waals surface area contributed by atoms with Crippen molar-refractivity contribution in [1.82, 2.24) is 4.72 Å². The maximum absolute atomic E-state index is 12.4. The Morgan fingerprint density at radius 1 is 0.974 bits per heavy atom. The summed E-state index contributed by atoms with van der Waals surface area (Å²) in [6.07, 6.45) is -0.567. The highest BCUT2D eigenvalue weighted by molar-refractivity contribution is 7.90. The standard InChI is InChI=1S/C28H38ClNO8S/c29-23-12-9-19(28-27(34)26(33)25(32)24(17-31)38-28)16-20(23)15-18-7-10-21(11-8-18)37-14-4-13-30-39(35,36)22-5-2-1-3-6-22/h7-12,16,22,24-28,30-34H,1-6,13-15,17H2. The second-order valence-corrected chi connectivity index (χ2v) is 12.8. The molecule has 0 radical (unpaired) electrons. The number of benzene rings is 2. The van der Waals surface area contributed by atoms with Gasteiger partial charge in [-0.1, -0.05) is 55.1 Å². The molecule has 1 aliphatic heterocycles. The normalized spacial score (nSPS) is 26.4. The van der Waals surface area contributed by atoms with Gasteiger partial charge >= 0.3 is 0 Å². The Hall–Kier alpha value is -1.76. The summed E-state index contributed by atoms with van der Waals surface area (Å²) in [5.74, 6) is 0.676. The van der Waals surface area contributed by atoms with Crippen molar-refractivity contribution >= 4 is 21.6 Å². The fraction of sp³-hybridized carbons (Fsp3) is 0.571. The summed E-state index contributed by atoms with van der Waals surface area (Å²) in [7, 11) is -3.26. The molecular formula is C28H38ClNO8S. The van der Waals surface area contributed by atoms with Gasteiger partial charge in [0.05, 0.1) is 18.5 Å². The third-order valence-electron chi connectivity index (χ3n) is 7.49. The molecule has 39 heavy (non-hydrogen) atoms. The molecule has 11 heteroatoms. The quantitative estimate of drug-likeness (QED) is 0.254. The first-order valence-corrected chi connectivity index (χ1v) is 15.4. The van der Waals surface area contributed by atoms with Crippen molar-refractivity contribution in [3.63, 3.8) is 0 Å². The number of halogens is 1. The lowest BCUT2D eigenvalue weighted by molar-refractivity contribution is -0.231. The molecule has 0 spiro atoms. The van der Waals surface area contributed by atoms with Crippen LogP contribution in [0.1, 0.15) is 61.3 Å². The van der Waals surface area contributed by atoms with E-state index in [1.54, 1.807) is 18.2 Å². The van der Waals surface area contributed by atoms with Crippen molar-refractivity contribution in [3.05, 3.63) is 64.2 Å². The third-order valence-corrected chi connectivity index (χ3v) is 9.82. The van der Waals surface area contributed by atoms with Crippen LogP contribution in [-0.2, 0) is 21.2 Å². The van der Waals surface area contributed by atoms with Crippen molar-refractivity contribution in [1.29, 1.82) is 0 Å². The molecule has 2 aliphatic rings. The van der Waals surface area contributed by atoms with Gasteiger partial charge in [-0.05, 0) is 60.6 Å². The van der Waals surface area contributed by atoms with Gasteiger partial charge in [0, 0.05) is 11.6 Å². The number of hydrogen-bond acceptors (Lipinski definition) is 8. The lowest BCUT2D eigenvalue weighted by Gasteiger charge is -2.40. The fourth-order valence-electron chi connectivity index (χ4n) is 5.18. The molecule has 0 bridgehead atoms. The minimum atomic E-state index is -3.26. The minimum Gasteiger partial charge on any atom is -0.494 e. The number of rotatable bonds is 11. The van der Waals surface area contributed by atoms with Crippen molar-refractivity contribution in [3.8, 4) is 5.75 Å². The van der Waals surface area contributed by atoms with Crippen molar-refractivity contribution in [2.75, 3.05) is 19.8 Å². The van der Waals surface area contributed by atoms with Crippen LogP contribution in [0.3, 0.4) is 0 Å². The zero-order chi connectivity index (χ0) is 28.0. The van der Waals surface area contributed by atoms with E-state index in [1.807, 2.05) is 24.3 Å². The molecular weight excluding hydrogens is 546 g/mol. The van der Waals surface area contributed by atoms with E-state index in [0.717, 1.165) is 43.2 Å². The molecule has 0 amide bonds. The molecule has 5 atom stereocenters. The van der Waals surface area contributed by atoms with Crippen LogP contribution in [0.5, 0.6) is 5.75 Å². The molecule has 216 valence electrons. The first kappa shape index (κ1) is 30.2. The Bertz CT molecular complexity index is 1170. The summed E-state index contributed by atoms with van der Waals surface area (Å²) in [5.41, 5.74) is 2.32. The highest BCUT2D eigenvalue weighted by Crippen LogP contribution is 2.34. The van der Waals surface area contributed by atoms with Gasteiger partial charge in [0.1, 0.15) is 36.3 Å². The zero-order valence-corrected chi connectivity index (χ0v) is 23.4. The summed E-state index contributed by atoms with van der Waals surface area (Å²) >= 11 is 6.43. The first-order chi connectivity index (χ1) is 18.7. The summed E-state index contributed by atoms with van der Waals surface area (Å²) in [6.45, 7) is 0.242. The molecule has 0 aromatic heterocycles. The minimum absolute atomic E-state index is 0.272. The number of hydrogen-bond donors (Lipinski definition) is 5. The predicted octanol–water partition coefficient (Wildman–Crippen LogP) is 2.47. The maximum atomic E-state index is 12.4. The fourth-order valence-corrected chi connectivity index (χ4v) is 6.98. The van der Waals surface area contributed by atoms with Crippen LogP contribution in [-0.4, -0.2) is 78.3 Å². The summed E-state index contributed by atoms with van der Waals surface area (Å²) in [4.78, 5) is 0. The highest BCUT2D eigenvalue weighted by Gasteiger charge is 2.44. The number of ether oxygens (including phenoxy) is 2. The van der Waals surface area contributed by atoms with Crippen molar-refractivity contribution in [2.24, 2.45) is 0 Å². The van der Waals surface area contributed by atoms with Gasteiger partial charge in [0.25, 0.3) is 0 Å². The monoisotopic (exact) mass is 583 g/mol. The Morgan fingerprint density at radius 3 is 2.38 bits per heavy atom. The molecule has 2 aromatic rings. The number of nitrogens with one attached hydrogen (secondary N) is 1. The molecule has 5 N–H and O–H groups in total.